The summed E-state index contributed by atoms with van der Waals surface area (Å²) < 4.78 is 0. The molecule has 12 heavy (non-hydrogen) atoms. The van der Waals surface area contributed by atoms with Crippen molar-refractivity contribution in [2.24, 2.45) is 0 Å². The highest BCUT2D eigenvalue weighted by molar-refractivity contribution is 7.80. The molecule has 0 aromatic heterocycles. The summed E-state index contributed by atoms with van der Waals surface area (Å²) in [4.78, 5) is 1.21. The molecule has 0 aliphatic heterocycles. The zero-order valence-electron chi connectivity index (χ0n) is 8.45. The first kappa shape index (κ1) is 9.87. The van der Waals surface area contributed by atoms with Gasteiger partial charge in [-0.2, -0.15) is 0 Å². The molecule has 1 rings (SSSR count). The van der Waals surface area contributed by atoms with Gasteiger partial charge in [0, 0.05) is 15.1 Å². The Balaban J connectivity index is 3.60. The molecule has 0 N–H and O–H groups in total. The van der Waals surface area contributed by atoms with E-state index in [-0.39, 0.29) is 0 Å². The molecule has 0 amide bonds. The second kappa shape index (κ2) is 3.27. The van der Waals surface area contributed by atoms with Gasteiger partial charge in [0.05, 0.1) is 0 Å². The van der Waals surface area contributed by atoms with Crippen LogP contribution in [0.1, 0.15) is 22.3 Å². The average Bonchev–Trinajstić information content (AvgIpc) is 2.08. The first-order valence-corrected chi connectivity index (χ1v) is 5.67. The van der Waals surface area contributed by atoms with Crippen LogP contribution in [0.5, 0.6) is 0 Å². The molecule has 0 saturated heterocycles. The van der Waals surface area contributed by atoms with E-state index in [2.05, 4.69) is 40.3 Å². The van der Waals surface area contributed by atoms with Gasteiger partial charge in [0.25, 0.3) is 0 Å². The Morgan fingerprint density at radius 1 is 0.833 bits per heavy atom. The monoisotopic (exact) mass is 196 g/mol. The number of hydrogen-bond donors (Lipinski definition) is 1. The molecule has 0 saturated carbocycles. The summed E-state index contributed by atoms with van der Waals surface area (Å²) in [7, 11) is 1.10. The minimum Gasteiger partial charge on any atom is -0.143 e. The van der Waals surface area contributed by atoms with Crippen LogP contribution in [0, 0.1) is 27.7 Å². The molecule has 0 nitrogen and oxygen atoms in total. The van der Waals surface area contributed by atoms with Crippen LogP contribution in [0.4, 0.5) is 0 Å². The van der Waals surface area contributed by atoms with Crippen molar-refractivity contribution < 1.29 is 0 Å². The molecule has 66 valence electrons. The summed E-state index contributed by atoms with van der Waals surface area (Å²) in [5.74, 6) is 0. The van der Waals surface area contributed by atoms with Gasteiger partial charge in [0.15, 0.2) is 0 Å². The van der Waals surface area contributed by atoms with E-state index in [0.717, 1.165) is 10.2 Å². The lowest BCUT2D eigenvalue weighted by atomic mass is 9.99. The molecule has 0 aliphatic carbocycles. The minimum atomic E-state index is 1.10. The van der Waals surface area contributed by atoms with Gasteiger partial charge < -0.3 is 0 Å². The summed E-state index contributed by atoms with van der Waals surface area (Å²) in [5, 5.41) is 1.46. The zero-order chi connectivity index (χ0) is 9.46. The Morgan fingerprint density at radius 3 is 1.75 bits per heavy atom. The molecule has 0 spiro atoms. The van der Waals surface area contributed by atoms with Gasteiger partial charge in [-0.15, -0.1) is 12.6 Å². The van der Waals surface area contributed by atoms with Gasteiger partial charge in [-0.05, 0) is 49.9 Å². The van der Waals surface area contributed by atoms with E-state index in [1.165, 1.54) is 32.3 Å². The first-order valence-electron chi connectivity index (χ1n) is 4.22. The highest BCUT2D eigenvalue weighted by Crippen LogP contribution is 2.20. The summed E-state index contributed by atoms with van der Waals surface area (Å²) in [6, 6.07) is 0. The van der Waals surface area contributed by atoms with Crippen LogP contribution < -0.4 is 5.19 Å². The summed E-state index contributed by atoms with van der Waals surface area (Å²) in [6.07, 6.45) is 0. The van der Waals surface area contributed by atoms with Crippen molar-refractivity contribution >= 4 is 28.1 Å². The van der Waals surface area contributed by atoms with Crippen LogP contribution >= 0.6 is 12.6 Å². The van der Waals surface area contributed by atoms with Gasteiger partial charge >= 0.3 is 0 Å². The predicted octanol–water partition coefficient (Wildman–Crippen LogP) is 1.20. The van der Waals surface area contributed by atoms with Gasteiger partial charge in [0.1, 0.15) is 0 Å². The number of hydrogen-bond acceptors (Lipinski definition) is 1. The number of rotatable bonds is 0. The van der Waals surface area contributed by atoms with Crippen LogP contribution in [0.3, 0.4) is 0 Å². The van der Waals surface area contributed by atoms with E-state index in [1.807, 2.05) is 0 Å². The second-order valence-electron chi connectivity index (χ2n) is 3.47. The Morgan fingerprint density at radius 2 is 1.25 bits per heavy atom. The Hall–Kier alpha value is -0.213. The highest BCUT2D eigenvalue weighted by atomic mass is 32.1. The third-order valence-electron chi connectivity index (χ3n) is 2.96. The molecule has 0 bridgehead atoms. The predicted molar refractivity (Wildman–Crippen MR) is 62.2 cm³/mol. The van der Waals surface area contributed by atoms with E-state index in [0.29, 0.717) is 0 Å². The van der Waals surface area contributed by atoms with Crippen LogP contribution in [0.15, 0.2) is 4.90 Å². The van der Waals surface area contributed by atoms with Crippen molar-refractivity contribution in [3.63, 3.8) is 0 Å². The Kier molecular flexibility index (Phi) is 2.69. The third-order valence-corrected chi connectivity index (χ3v) is 5.30. The smallest absolute Gasteiger partial charge is 0.0403 e. The molecule has 1 aromatic rings. The summed E-state index contributed by atoms with van der Waals surface area (Å²) >= 11 is 4.53. The van der Waals surface area contributed by atoms with Crippen molar-refractivity contribution in [3.8, 4) is 0 Å². The van der Waals surface area contributed by atoms with Gasteiger partial charge in [0.2, 0.25) is 0 Å². The van der Waals surface area contributed by atoms with Crippen LogP contribution in [-0.2, 0) is 0 Å². The topological polar surface area (TPSA) is 0 Å². The molecule has 0 unspecified atom stereocenters. The fourth-order valence-corrected chi connectivity index (χ4v) is 2.57. The van der Waals surface area contributed by atoms with Gasteiger partial charge in [-0.3, -0.25) is 0 Å². The lowest BCUT2D eigenvalue weighted by Crippen LogP contribution is -2.14. The van der Waals surface area contributed by atoms with Crippen molar-refractivity contribution in [1.29, 1.82) is 0 Å². The fraction of sp³-hybridized carbons (Fsp3) is 0.400. The van der Waals surface area contributed by atoms with E-state index in [4.69, 9.17) is 0 Å². The van der Waals surface area contributed by atoms with E-state index in [1.54, 1.807) is 0 Å². The minimum absolute atomic E-state index is 1.10. The summed E-state index contributed by atoms with van der Waals surface area (Å²) in [6.45, 7) is 8.74. The quantitative estimate of drug-likeness (QED) is 0.468. The van der Waals surface area contributed by atoms with Crippen molar-refractivity contribution in [3.05, 3.63) is 22.3 Å². The lowest BCUT2D eigenvalue weighted by molar-refractivity contribution is 1.17. The average molecular weight is 196 g/mol. The SMILES string of the molecule is Cc1c(C)c(C)c(S)c([SiH3])c1C. The number of benzene rings is 1. The molecule has 0 atom stereocenters. The Labute approximate surface area is 83.2 Å². The largest absolute Gasteiger partial charge is 0.143 e. The van der Waals surface area contributed by atoms with Crippen LogP contribution in [-0.4, -0.2) is 10.2 Å². The maximum Gasteiger partial charge on any atom is 0.0403 e. The molecule has 0 fully saturated rings. The van der Waals surface area contributed by atoms with E-state index in [9.17, 15) is 0 Å². The molecular formula is C10H16SSi. The molecular weight excluding hydrogens is 180 g/mol. The molecule has 0 aliphatic rings. The van der Waals surface area contributed by atoms with E-state index >= 15 is 0 Å². The number of thiol groups is 1. The van der Waals surface area contributed by atoms with Crippen LogP contribution in [0.2, 0.25) is 0 Å². The van der Waals surface area contributed by atoms with Crippen molar-refractivity contribution in [1.82, 2.24) is 0 Å². The van der Waals surface area contributed by atoms with Crippen molar-refractivity contribution in [2.45, 2.75) is 32.6 Å². The van der Waals surface area contributed by atoms with Crippen molar-refractivity contribution in [2.75, 3.05) is 0 Å². The molecule has 0 heterocycles. The zero-order valence-corrected chi connectivity index (χ0v) is 11.3. The van der Waals surface area contributed by atoms with Crippen LogP contribution in [0.25, 0.3) is 0 Å². The normalized spacial score (nSPS) is 10.8. The van der Waals surface area contributed by atoms with Gasteiger partial charge in [-0.1, -0.05) is 5.19 Å². The maximum atomic E-state index is 4.53. The summed E-state index contributed by atoms with van der Waals surface area (Å²) in [5.41, 5.74) is 5.63. The standard InChI is InChI=1S/C10H16SSi/c1-5-6(2)8(4)10(12)9(11)7(5)3/h11H,1-4,12H3. The first-order chi connectivity index (χ1) is 5.46. The Bertz CT molecular complexity index is 224. The second-order valence-corrected chi connectivity index (χ2v) is 4.92. The van der Waals surface area contributed by atoms with E-state index < -0.39 is 0 Å². The molecule has 1 aromatic carbocycles. The fourth-order valence-electron chi connectivity index (χ4n) is 1.48. The maximum absolute atomic E-state index is 4.53. The molecule has 0 radical (unpaired) electrons. The lowest BCUT2D eigenvalue weighted by Gasteiger charge is -2.14. The third kappa shape index (κ3) is 1.34. The molecule has 2 heteroatoms. The highest BCUT2D eigenvalue weighted by Gasteiger charge is 2.08. The van der Waals surface area contributed by atoms with Gasteiger partial charge in [-0.25, -0.2) is 0 Å².